The van der Waals surface area contributed by atoms with Crippen LogP contribution >= 0.6 is 0 Å². The van der Waals surface area contributed by atoms with Gasteiger partial charge in [-0.15, -0.1) is 0 Å². The number of likely N-dealkylation sites (N-methyl/N-ethyl adjacent to an activating group) is 1. The Kier molecular flexibility index (Phi) is 7.28. The molecule has 1 aliphatic rings. The zero-order valence-corrected chi connectivity index (χ0v) is 18.8. The molecule has 1 fully saturated rings. The number of aryl methyl sites for hydroxylation is 2. The molecule has 2 aromatic rings. The summed E-state index contributed by atoms with van der Waals surface area (Å²) in [6, 6.07) is 15.1. The summed E-state index contributed by atoms with van der Waals surface area (Å²) in [6.45, 7) is 6.08. The summed E-state index contributed by atoms with van der Waals surface area (Å²) in [5.41, 5.74) is 2.26. The Morgan fingerprint density at radius 2 is 1.73 bits per heavy atom. The summed E-state index contributed by atoms with van der Waals surface area (Å²) in [6.07, 6.45) is 1.69. The molecule has 1 unspecified atom stereocenters. The average molecular weight is 430 g/mol. The molecule has 1 aliphatic heterocycles. The fourth-order valence-corrected chi connectivity index (χ4v) is 5.27. The third-order valence-electron chi connectivity index (χ3n) is 5.62. The molecule has 7 heteroatoms. The quantitative estimate of drug-likeness (QED) is 0.735. The van der Waals surface area contributed by atoms with Gasteiger partial charge in [0.05, 0.1) is 4.90 Å². The lowest BCUT2D eigenvalue weighted by Gasteiger charge is -2.32. The number of rotatable bonds is 7. The van der Waals surface area contributed by atoms with Gasteiger partial charge in [0.25, 0.3) is 5.91 Å². The second-order valence-corrected chi connectivity index (χ2v) is 9.99. The zero-order valence-electron chi connectivity index (χ0n) is 18.0. The molecular weight excluding hydrogens is 398 g/mol. The second kappa shape index (κ2) is 9.73. The van der Waals surface area contributed by atoms with E-state index in [4.69, 9.17) is 0 Å². The predicted octanol–water partition coefficient (Wildman–Crippen LogP) is 2.68. The highest BCUT2D eigenvalue weighted by molar-refractivity contribution is 7.89. The van der Waals surface area contributed by atoms with Gasteiger partial charge in [0, 0.05) is 37.8 Å². The first kappa shape index (κ1) is 22.5. The standard InChI is InChI=1S/C23H31N3O3S/c1-18-9-12-21(17-22(18)30(28,29)26-15-13-25(3)14-16-26)23(27)24-19(2)10-11-20-7-5-4-6-8-20/h4-9,12,17,19H,10-11,13-16H2,1-3H3,(H,24,27). The number of carbonyl (C=O) groups is 1. The molecular formula is C23H31N3O3S. The second-order valence-electron chi connectivity index (χ2n) is 8.09. The summed E-state index contributed by atoms with van der Waals surface area (Å²) in [4.78, 5) is 15.1. The zero-order chi connectivity index (χ0) is 21.7. The van der Waals surface area contributed by atoms with Crippen molar-refractivity contribution in [2.75, 3.05) is 33.2 Å². The number of benzene rings is 2. The first-order valence-electron chi connectivity index (χ1n) is 10.4. The molecule has 1 saturated heterocycles. The highest BCUT2D eigenvalue weighted by Crippen LogP contribution is 2.22. The molecule has 1 heterocycles. The predicted molar refractivity (Wildman–Crippen MR) is 119 cm³/mol. The maximum Gasteiger partial charge on any atom is 0.251 e. The first-order chi connectivity index (χ1) is 14.3. The third kappa shape index (κ3) is 5.47. The monoisotopic (exact) mass is 429 g/mol. The van der Waals surface area contributed by atoms with Gasteiger partial charge in [-0.1, -0.05) is 36.4 Å². The minimum atomic E-state index is -3.62. The van der Waals surface area contributed by atoms with Gasteiger partial charge in [0.1, 0.15) is 0 Å². The number of sulfonamides is 1. The molecule has 1 N–H and O–H groups in total. The largest absolute Gasteiger partial charge is 0.350 e. The number of carbonyl (C=O) groups excluding carboxylic acids is 1. The van der Waals surface area contributed by atoms with Crippen LogP contribution in [0, 0.1) is 6.92 Å². The number of piperazine rings is 1. The van der Waals surface area contributed by atoms with Gasteiger partial charge < -0.3 is 10.2 Å². The molecule has 6 nitrogen and oxygen atoms in total. The van der Waals surface area contributed by atoms with Gasteiger partial charge in [-0.05, 0) is 57.0 Å². The minimum absolute atomic E-state index is 0.0169. The lowest BCUT2D eigenvalue weighted by Crippen LogP contribution is -2.47. The van der Waals surface area contributed by atoms with E-state index in [1.807, 2.05) is 32.2 Å². The molecule has 0 aliphatic carbocycles. The summed E-state index contributed by atoms with van der Waals surface area (Å²) < 4.78 is 27.8. The van der Waals surface area contributed by atoms with E-state index < -0.39 is 10.0 Å². The maximum absolute atomic E-state index is 13.1. The average Bonchev–Trinajstić information content (AvgIpc) is 2.73. The first-order valence-corrected chi connectivity index (χ1v) is 11.9. The molecule has 3 rings (SSSR count). The van der Waals surface area contributed by atoms with E-state index in [1.54, 1.807) is 19.1 Å². The Labute approximate surface area is 179 Å². The number of hydrogen-bond acceptors (Lipinski definition) is 4. The molecule has 2 aromatic carbocycles. The Balaban J connectivity index is 1.68. The molecule has 0 radical (unpaired) electrons. The van der Waals surface area contributed by atoms with Crippen LogP contribution in [0.25, 0.3) is 0 Å². The highest BCUT2D eigenvalue weighted by Gasteiger charge is 2.29. The van der Waals surface area contributed by atoms with Crippen LogP contribution in [0.1, 0.15) is 34.8 Å². The van der Waals surface area contributed by atoms with E-state index in [2.05, 4.69) is 22.3 Å². The Hall–Kier alpha value is -2.22. The van der Waals surface area contributed by atoms with Crippen molar-refractivity contribution in [1.29, 1.82) is 0 Å². The van der Waals surface area contributed by atoms with Gasteiger partial charge in [0.15, 0.2) is 0 Å². The fourth-order valence-electron chi connectivity index (χ4n) is 3.59. The molecule has 162 valence electrons. The summed E-state index contributed by atoms with van der Waals surface area (Å²) in [7, 11) is -1.63. The van der Waals surface area contributed by atoms with Crippen LogP contribution in [0.2, 0.25) is 0 Å². The molecule has 0 spiro atoms. The normalized spacial score (nSPS) is 16.9. The topological polar surface area (TPSA) is 69.7 Å². The van der Waals surface area contributed by atoms with Crippen molar-refractivity contribution >= 4 is 15.9 Å². The lowest BCUT2D eigenvalue weighted by molar-refractivity contribution is 0.0938. The molecule has 1 atom stereocenters. The Bertz CT molecular complexity index is 968. The Morgan fingerprint density at radius 3 is 2.40 bits per heavy atom. The summed E-state index contributed by atoms with van der Waals surface area (Å²) >= 11 is 0. The SMILES string of the molecule is Cc1ccc(C(=O)NC(C)CCc2ccccc2)cc1S(=O)(=O)N1CCN(C)CC1. The van der Waals surface area contributed by atoms with Crippen molar-refractivity contribution < 1.29 is 13.2 Å². The number of nitrogens with one attached hydrogen (secondary N) is 1. The summed E-state index contributed by atoms with van der Waals surface area (Å²) in [5, 5.41) is 3.00. The van der Waals surface area contributed by atoms with Crippen molar-refractivity contribution in [3.8, 4) is 0 Å². The van der Waals surface area contributed by atoms with E-state index in [0.717, 1.165) is 12.8 Å². The van der Waals surface area contributed by atoms with E-state index >= 15 is 0 Å². The number of nitrogens with zero attached hydrogens (tertiary/aromatic N) is 2. The number of amides is 1. The van der Waals surface area contributed by atoms with E-state index in [0.29, 0.717) is 37.3 Å². The molecule has 30 heavy (non-hydrogen) atoms. The van der Waals surface area contributed by atoms with Crippen LogP contribution in [0.15, 0.2) is 53.4 Å². The van der Waals surface area contributed by atoms with E-state index in [1.165, 1.54) is 15.9 Å². The molecule has 0 aromatic heterocycles. The van der Waals surface area contributed by atoms with Crippen LogP contribution in [0.5, 0.6) is 0 Å². The van der Waals surface area contributed by atoms with Gasteiger partial charge in [-0.3, -0.25) is 4.79 Å². The lowest BCUT2D eigenvalue weighted by atomic mass is 10.1. The van der Waals surface area contributed by atoms with Crippen molar-refractivity contribution in [2.24, 2.45) is 0 Å². The van der Waals surface area contributed by atoms with Gasteiger partial charge in [-0.25, -0.2) is 8.42 Å². The van der Waals surface area contributed by atoms with Crippen molar-refractivity contribution in [3.63, 3.8) is 0 Å². The van der Waals surface area contributed by atoms with Crippen molar-refractivity contribution in [3.05, 3.63) is 65.2 Å². The van der Waals surface area contributed by atoms with E-state index in [-0.39, 0.29) is 16.8 Å². The van der Waals surface area contributed by atoms with Crippen LogP contribution < -0.4 is 5.32 Å². The summed E-state index contributed by atoms with van der Waals surface area (Å²) in [5.74, 6) is -0.245. The Morgan fingerprint density at radius 1 is 1.07 bits per heavy atom. The highest BCUT2D eigenvalue weighted by atomic mass is 32.2. The van der Waals surface area contributed by atoms with Crippen LogP contribution in [0.3, 0.4) is 0 Å². The van der Waals surface area contributed by atoms with Crippen LogP contribution in [-0.2, 0) is 16.4 Å². The minimum Gasteiger partial charge on any atom is -0.350 e. The van der Waals surface area contributed by atoms with Gasteiger partial charge >= 0.3 is 0 Å². The van der Waals surface area contributed by atoms with Crippen LogP contribution in [0.4, 0.5) is 0 Å². The molecule has 1 amide bonds. The van der Waals surface area contributed by atoms with Crippen molar-refractivity contribution in [1.82, 2.24) is 14.5 Å². The molecule has 0 bridgehead atoms. The van der Waals surface area contributed by atoms with Crippen molar-refractivity contribution in [2.45, 2.75) is 37.6 Å². The maximum atomic E-state index is 13.1. The third-order valence-corrected chi connectivity index (χ3v) is 7.66. The molecule has 0 saturated carbocycles. The van der Waals surface area contributed by atoms with E-state index in [9.17, 15) is 13.2 Å². The smallest absolute Gasteiger partial charge is 0.251 e. The fraction of sp³-hybridized carbons (Fsp3) is 0.435. The van der Waals surface area contributed by atoms with Gasteiger partial charge in [-0.2, -0.15) is 4.31 Å². The van der Waals surface area contributed by atoms with Gasteiger partial charge in [0.2, 0.25) is 10.0 Å². The number of hydrogen-bond donors (Lipinski definition) is 1. The van der Waals surface area contributed by atoms with Crippen LogP contribution in [-0.4, -0.2) is 62.8 Å².